The number of aliphatic hydroxyl groups is 1. The van der Waals surface area contributed by atoms with Gasteiger partial charge in [-0.3, -0.25) is 9.69 Å². The maximum Gasteiger partial charge on any atom is 0.248 e. The molecule has 0 unspecified atom stereocenters. The van der Waals surface area contributed by atoms with Crippen molar-refractivity contribution in [3.8, 4) is 17.1 Å². The predicted molar refractivity (Wildman–Crippen MR) is 155 cm³/mol. The van der Waals surface area contributed by atoms with Crippen molar-refractivity contribution in [3.05, 3.63) is 28.3 Å². The molecule has 0 spiro atoms. The molecule has 2 saturated heterocycles. The number of aryl methyl sites for hydroxylation is 1. The molecule has 1 amide bonds. The molecule has 2 fully saturated rings. The molecule has 0 bridgehead atoms. The Balaban J connectivity index is 1.57. The van der Waals surface area contributed by atoms with Crippen LogP contribution in [0.3, 0.4) is 0 Å². The van der Waals surface area contributed by atoms with Crippen LogP contribution in [0.1, 0.15) is 35.3 Å². The molecule has 2 aliphatic heterocycles. The van der Waals surface area contributed by atoms with Crippen LogP contribution in [0, 0.1) is 6.92 Å². The first-order valence-electron chi connectivity index (χ1n) is 13.5. The van der Waals surface area contributed by atoms with Gasteiger partial charge in [0.25, 0.3) is 0 Å². The quantitative estimate of drug-likeness (QED) is 0.418. The highest BCUT2D eigenvalue weighted by Gasteiger charge is 2.26. The molecule has 0 radical (unpaired) electrons. The molecule has 0 aromatic carbocycles. The molecule has 216 valence electrons. The van der Waals surface area contributed by atoms with Gasteiger partial charge in [-0.05, 0) is 32.3 Å². The molecule has 1 N–H and O–H groups in total. The Kier molecular flexibility index (Phi) is 8.55. The third-order valence-electron chi connectivity index (χ3n) is 7.51. The number of carbonyl (C=O) groups excluding carboxylic acids is 1. The monoisotopic (exact) mass is 588 g/mol. The summed E-state index contributed by atoms with van der Waals surface area (Å²) in [6.45, 7) is 6.73. The fraction of sp³-hybridized carbons (Fsp3) is 0.556. The highest BCUT2D eigenvalue weighted by atomic mass is 32.2. The molecule has 0 saturated carbocycles. The number of fused-ring (bicyclic) bond motifs is 1. The fourth-order valence-corrected chi connectivity index (χ4v) is 7.30. The second-order valence-electron chi connectivity index (χ2n) is 10.5. The summed E-state index contributed by atoms with van der Waals surface area (Å²) in [6, 6.07) is 1.82. The zero-order valence-electron chi connectivity index (χ0n) is 23.2. The molecule has 0 atom stereocenters. The number of ether oxygens (including phenoxy) is 1. The number of hydrogen-bond acceptors (Lipinski definition) is 11. The van der Waals surface area contributed by atoms with Crippen LogP contribution in [0.4, 0.5) is 5.95 Å². The summed E-state index contributed by atoms with van der Waals surface area (Å²) in [6.07, 6.45) is 6.26. The van der Waals surface area contributed by atoms with E-state index in [0.29, 0.717) is 31.1 Å². The van der Waals surface area contributed by atoms with Crippen molar-refractivity contribution in [2.45, 2.75) is 38.5 Å². The number of pyridine rings is 1. The number of sulfone groups is 1. The Morgan fingerprint density at radius 3 is 2.48 bits per heavy atom. The molecule has 0 aliphatic carbocycles. The van der Waals surface area contributed by atoms with Gasteiger partial charge in [-0.2, -0.15) is 0 Å². The first-order valence-corrected chi connectivity index (χ1v) is 16.4. The third-order valence-corrected chi connectivity index (χ3v) is 9.49. The lowest BCUT2D eigenvalue weighted by Gasteiger charge is -2.34. The van der Waals surface area contributed by atoms with Crippen molar-refractivity contribution >= 4 is 43.2 Å². The number of aromatic nitrogens is 3. The summed E-state index contributed by atoms with van der Waals surface area (Å²) < 4.78 is 30.6. The average Bonchev–Trinajstić information content (AvgIpc) is 3.26. The SMILES string of the molecule is COc1ncc(-c2nc(N3CCCCC3)nc3c(CN4CCN(C(=O)CO)CC4)c(C)sc23)cc1CS(C)(=O)=O. The summed E-state index contributed by atoms with van der Waals surface area (Å²) >= 11 is 1.64. The Morgan fingerprint density at radius 2 is 1.82 bits per heavy atom. The molecule has 11 nitrogen and oxygen atoms in total. The zero-order chi connectivity index (χ0) is 28.4. The zero-order valence-corrected chi connectivity index (χ0v) is 24.9. The molecule has 5 heterocycles. The Morgan fingerprint density at radius 1 is 1.10 bits per heavy atom. The van der Waals surface area contributed by atoms with Gasteiger partial charge in [-0.25, -0.2) is 23.4 Å². The maximum absolute atomic E-state index is 12.1. The highest BCUT2D eigenvalue weighted by Crippen LogP contribution is 2.39. The minimum atomic E-state index is -3.31. The van der Waals surface area contributed by atoms with E-state index in [1.165, 1.54) is 19.8 Å². The van der Waals surface area contributed by atoms with Gasteiger partial charge >= 0.3 is 0 Å². The van der Waals surface area contributed by atoms with Crippen molar-refractivity contribution in [3.63, 3.8) is 0 Å². The predicted octanol–water partition coefficient (Wildman–Crippen LogP) is 2.24. The number of carbonyl (C=O) groups is 1. The van der Waals surface area contributed by atoms with Gasteiger partial charge in [-0.1, -0.05) is 0 Å². The lowest BCUT2D eigenvalue weighted by molar-refractivity contribution is -0.136. The lowest BCUT2D eigenvalue weighted by atomic mass is 10.1. The van der Waals surface area contributed by atoms with Crippen molar-refractivity contribution in [1.29, 1.82) is 0 Å². The van der Waals surface area contributed by atoms with E-state index < -0.39 is 16.4 Å². The second kappa shape index (κ2) is 11.9. The minimum Gasteiger partial charge on any atom is -0.481 e. The fourth-order valence-electron chi connectivity index (χ4n) is 5.41. The average molecular weight is 589 g/mol. The molecule has 40 heavy (non-hydrogen) atoms. The standard InChI is InChI=1S/C27H36N6O5S2/c1-18-21(15-31-9-11-32(12-10-31)22(35)16-34)24-25(39-18)23(29-27(30-24)33-7-5-4-6-8-33)19-13-20(17-40(3,36)37)26(38-2)28-14-19/h13-14,34H,4-12,15-17H2,1-3H3. The summed E-state index contributed by atoms with van der Waals surface area (Å²) in [7, 11) is -1.82. The number of piperidine rings is 1. The van der Waals surface area contributed by atoms with Gasteiger partial charge < -0.3 is 19.6 Å². The van der Waals surface area contributed by atoms with Crippen LogP contribution in [-0.4, -0.2) is 103 Å². The maximum atomic E-state index is 12.1. The normalized spacial score (nSPS) is 17.0. The van der Waals surface area contributed by atoms with Crippen LogP contribution in [0.2, 0.25) is 0 Å². The van der Waals surface area contributed by atoms with E-state index in [0.717, 1.165) is 70.9 Å². The summed E-state index contributed by atoms with van der Waals surface area (Å²) in [5, 5.41) is 9.21. The summed E-state index contributed by atoms with van der Waals surface area (Å²) in [5.41, 5.74) is 4.02. The number of aliphatic hydroxyl groups excluding tert-OH is 1. The van der Waals surface area contributed by atoms with Gasteiger partial charge in [0.1, 0.15) is 6.61 Å². The third kappa shape index (κ3) is 6.22. The number of methoxy groups -OCH3 is 1. The van der Waals surface area contributed by atoms with Crippen molar-refractivity contribution in [2.24, 2.45) is 0 Å². The van der Waals surface area contributed by atoms with E-state index in [2.05, 4.69) is 21.7 Å². The number of rotatable bonds is 8. The van der Waals surface area contributed by atoms with Crippen molar-refractivity contribution in [2.75, 3.05) is 64.1 Å². The summed E-state index contributed by atoms with van der Waals surface area (Å²) in [5.74, 6) is 0.561. The highest BCUT2D eigenvalue weighted by molar-refractivity contribution is 7.89. The summed E-state index contributed by atoms with van der Waals surface area (Å²) in [4.78, 5) is 33.9. The first kappa shape index (κ1) is 28.7. The minimum absolute atomic E-state index is 0.177. The lowest BCUT2D eigenvalue weighted by Crippen LogP contribution is -2.49. The smallest absolute Gasteiger partial charge is 0.248 e. The van der Waals surface area contributed by atoms with E-state index in [1.807, 2.05) is 6.07 Å². The van der Waals surface area contributed by atoms with Crippen molar-refractivity contribution < 1.29 is 23.1 Å². The van der Waals surface area contributed by atoms with Crippen LogP contribution < -0.4 is 9.64 Å². The van der Waals surface area contributed by atoms with Gasteiger partial charge in [0.05, 0.1) is 28.8 Å². The van der Waals surface area contributed by atoms with Gasteiger partial charge in [-0.15, -0.1) is 11.3 Å². The van der Waals surface area contributed by atoms with E-state index in [1.54, 1.807) is 22.4 Å². The first-order chi connectivity index (χ1) is 19.2. The van der Waals surface area contributed by atoms with Crippen LogP contribution in [0.25, 0.3) is 21.5 Å². The number of piperazine rings is 1. The van der Waals surface area contributed by atoms with E-state index in [9.17, 15) is 18.3 Å². The number of amides is 1. The topological polar surface area (TPSA) is 129 Å². The van der Waals surface area contributed by atoms with E-state index in [-0.39, 0.29) is 17.5 Å². The Labute approximate surface area is 238 Å². The van der Waals surface area contributed by atoms with Gasteiger partial charge in [0.15, 0.2) is 9.84 Å². The Hall–Kier alpha value is -2.87. The van der Waals surface area contributed by atoms with Gasteiger partial charge in [0, 0.05) is 79.8 Å². The molecule has 3 aromatic rings. The van der Waals surface area contributed by atoms with Crippen LogP contribution in [-0.2, 0) is 26.9 Å². The van der Waals surface area contributed by atoms with Crippen LogP contribution in [0.15, 0.2) is 12.3 Å². The largest absolute Gasteiger partial charge is 0.481 e. The second-order valence-corrected chi connectivity index (χ2v) is 13.9. The number of nitrogens with zero attached hydrogens (tertiary/aromatic N) is 6. The number of thiophene rings is 1. The molecule has 3 aromatic heterocycles. The van der Waals surface area contributed by atoms with E-state index in [4.69, 9.17) is 14.7 Å². The van der Waals surface area contributed by atoms with Crippen LogP contribution in [0.5, 0.6) is 5.88 Å². The molecule has 5 rings (SSSR count). The van der Waals surface area contributed by atoms with Crippen LogP contribution >= 0.6 is 11.3 Å². The molecule has 13 heteroatoms. The van der Waals surface area contributed by atoms with Gasteiger partial charge in [0.2, 0.25) is 17.7 Å². The molecular formula is C27H36N6O5S2. The van der Waals surface area contributed by atoms with Crippen molar-refractivity contribution in [1.82, 2.24) is 24.8 Å². The number of hydrogen-bond donors (Lipinski definition) is 1. The Bertz CT molecular complexity index is 1490. The molecule has 2 aliphatic rings. The molecular weight excluding hydrogens is 552 g/mol. The van der Waals surface area contributed by atoms with E-state index >= 15 is 0 Å². The number of anilines is 1.